The van der Waals surface area contributed by atoms with Crippen molar-refractivity contribution >= 4 is 11.6 Å². The first-order valence-corrected chi connectivity index (χ1v) is 6.42. The van der Waals surface area contributed by atoms with E-state index in [0.717, 1.165) is 0 Å². The molecule has 2 aromatic rings. The van der Waals surface area contributed by atoms with Gasteiger partial charge >= 0.3 is 6.18 Å². The van der Waals surface area contributed by atoms with E-state index in [0.29, 0.717) is 24.2 Å². The van der Waals surface area contributed by atoms with E-state index in [1.54, 1.807) is 0 Å². The molecule has 0 spiro atoms. The van der Waals surface area contributed by atoms with E-state index in [4.69, 9.17) is 0 Å². The van der Waals surface area contributed by atoms with Crippen LogP contribution in [0, 0.1) is 5.92 Å². The number of amides is 1. The van der Waals surface area contributed by atoms with Gasteiger partial charge in [-0.3, -0.25) is 4.79 Å². The highest BCUT2D eigenvalue weighted by Gasteiger charge is 2.35. The maximum Gasteiger partial charge on any atom is 0.436 e. The molecule has 0 fully saturated rings. The van der Waals surface area contributed by atoms with Crippen molar-refractivity contribution in [1.82, 2.24) is 15.1 Å². The highest BCUT2D eigenvalue weighted by atomic mass is 19.4. The van der Waals surface area contributed by atoms with Gasteiger partial charge in [-0.05, 0) is 5.92 Å². The lowest BCUT2D eigenvalue weighted by Crippen LogP contribution is -2.12. The summed E-state index contributed by atoms with van der Waals surface area (Å²) in [5.41, 5.74) is -1.01. The average Bonchev–Trinajstić information content (AvgIpc) is 2.90. The third-order valence-corrected chi connectivity index (χ3v) is 2.58. The molecule has 0 aliphatic heterocycles. The first kappa shape index (κ1) is 15.9. The Kier molecular flexibility index (Phi) is 4.43. The van der Waals surface area contributed by atoms with Crippen LogP contribution in [0.5, 0.6) is 0 Å². The van der Waals surface area contributed by atoms with E-state index in [1.807, 2.05) is 13.8 Å². The fourth-order valence-electron chi connectivity index (χ4n) is 1.60. The fraction of sp³-hybridized carbons (Fsp3) is 0.385. The quantitative estimate of drug-likeness (QED) is 0.938. The van der Waals surface area contributed by atoms with Gasteiger partial charge in [0, 0.05) is 12.5 Å². The van der Waals surface area contributed by atoms with Gasteiger partial charge < -0.3 is 9.84 Å². The molecule has 0 atom stereocenters. The fourth-order valence-corrected chi connectivity index (χ4v) is 1.60. The zero-order chi connectivity index (χ0) is 16.3. The normalized spacial score (nSPS) is 11.7. The predicted molar refractivity (Wildman–Crippen MR) is 70.0 cm³/mol. The number of halogens is 3. The summed E-state index contributed by atoms with van der Waals surface area (Å²) in [7, 11) is 0. The van der Waals surface area contributed by atoms with Crippen LogP contribution in [-0.2, 0) is 12.6 Å². The Morgan fingerprint density at radius 2 is 1.95 bits per heavy atom. The van der Waals surface area contributed by atoms with Crippen LogP contribution in [-0.4, -0.2) is 21.0 Å². The molecule has 0 unspecified atom stereocenters. The molecule has 2 rings (SSSR count). The van der Waals surface area contributed by atoms with Crippen molar-refractivity contribution in [1.29, 1.82) is 0 Å². The number of hydrogen-bond donors (Lipinski definition) is 1. The summed E-state index contributed by atoms with van der Waals surface area (Å²) in [4.78, 5) is 19.9. The van der Waals surface area contributed by atoms with Crippen molar-refractivity contribution in [3.8, 4) is 0 Å². The molecule has 0 bridgehead atoms. The van der Waals surface area contributed by atoms with Gasteiger partial charge in [-0.2, -0.15) is 13.2 Å². The second kappa shape index (κ2) is 6.12. The van der Waals surface area contributed by atoms with Crippen molar-refractivity contribution in [2.24, 2.45) is 5.92 Å². The maximum atomic E-state index is 12.4. The van der Waals surface area contributed by atoms with Gasteiger partial charge in [0.05, 0.1) is 18.1 Å². The lowest BCUT2D eigenvalue weighted by Gasteiger charge is -2.05. The van der Waals surface area contributed by atoms with Crippen molar-refractivity contribution in [3.63, 3.8) is 0 Å². The minimum absolute atomic E-state index is 0.252. The van der Waals surface area contributed by atoms with Crippen molar-refractivity contribution in [2.75, 3.05) is 5.32 Å². The van der Waals surface area contributed by atoms with Crippen molar-refractivity contribution in [2.45, 2.75) is 26.4 Å². The Hall–Kier alpha value is -2.45. The first-order chi connectivity index (χ1) is 10.3. The molecule has 0 aliphatic rings. The molecule has 0 saturated heterocycles. The predicted octanol–water partition coefficient (Wildman–Crippen LogP) is 2.93. The van der Waals surface area contributed by atoms with Gasteiger partial charge in [-0.1, -0.05) is 19.0 Å². The minimum atomic E-state index is -4.66. The molecular weight excluding hydrogens is 301 g/mol. The zero-order valence-corrected chi connectivity index (χ0v) is 11.8. The second-order valence-corrected chi connectivity index (χ2v) is 5.01. The molecule has 2 heterocycles. The van der Waals surface area contributed by atoms with Gasteiger partial charge in [0.15, 0.2) is 5.69 Å². The Morgan fingerprint density at radius 3 is 2.45 bits per heavy atom. The van der Waals surface area contributed by atoms with Crippen LogP contribution in [0.15, 0.2) is 23.0 Å². The van der Waals surface area contributed by atoms with Crippen LogP contribution in [0.3, 0.4) is 0 Å². The topological polar surface area (TPSA) is 80.9 Å². The molecular formula is C13H13F3N4O2. The number of carbonyl (C=O) groups is 1. The summed E-state index contributed by atoms with van der Waals surface area (Å²) in [6.45, 7) is 4.03. The number of alkyl halides is 3. The molecule has 9 heteroatoms. The third-order valence-electron chi connectivity index (χ3n) is 2.58. The van der Waals surface area contributed by atoms with Gasteiger partial charge in [0.1, 0.15) is 5.82 Å². The van der Waals surface area contributed by atoms with E-state index in [2.05, 4.69) is 25.0 Å². The summed E-state index contributed by atoms with van der Waals surface area (Å²) >= 11 is 0. The maximum absolute atomic E-state index is 12.4. The molecule has 0 aromatic carbocycles. The Balaban J connectivity index is 2.04. The van der Waals surface area contributed by atoms with Gasteiger partial charge in [0.25, 0.3) is 5.91 Å². The number of rotatable bonds is 4. The van der Waals surface area contributed by atoms with E-state index in [-0.39, 0.29) is 5.69 Å². The van der Waals surface area contributed by atoms with E-state index in [1.165, 1.54) is 12.4 Å². The van der Waals surface area contributed by atoms with Crippen LogP contribution in [0.2, 0.25) is 0 Å². The number of nitrogens with zero attached hydrogens (tertiary/aromatic N) is 3. The number of nitrogens with one attached hydrogen (secondary N) is 1. The van der Waals surface area contributed by atoms with E-state index < -0.39 is 23.5 Å². The number of aromatic nitrogens is 3. The monoisotopic (exact) mass is 314 g/mol. The molecule has 1 N–H and O–H groups in total. The summed E-state index contributed by atoms with van der Waals surface area (Å²) in [5, 5.41) is 5.14. The summed E-state index contributed by atoms with van der Waals surface area (Å²) in [6.07, 6.45) is -1.22. The molecule has 0 radical (unpaired) electrons. The largest absolute Gasteiger partial charge is 0.436 e. The smallest absolute Gasteiger partial charge is 0.350 e. The lowest BCUT2D eigenvalue weighted by atomic mass is 10.1. The van der Waals surface area contributed by atoms with Crippen LogP contribution >= 0.6 is 0 Å². The standard InChI is InChI=1S/C13H13F3N4O2/c1-7(2)3-11-17-5-8(6-18-11)19-12(21)9-4-10(20-22-9)13(14,15)16/h4-7H,3H2,1-2H3,(H,19,21). The van der Waals surface area contributed by atoms with Crippen molar-refractivity contribution in [3.05, 3.63) is 35.7 Å². The molecule has 2 aromatic heterocycles. The molecule has 0 aliphatic carbocycles. The lowest BCUT2D eigenvalue weighted by molar-refractivity contribution is -0.142. The van der Waals surface area contributed by atoms with Crippen LogP contribution in [0.4, 0.5) is 18.9 Å². The molecule has 118 valence electrons. The Bertz CT molecular complexity index is 650. The van der Waals surface area contributed by atoms with Crippen LogP contribution in [0.25, 0.3) is 0 Å². The second-order valence-electron chi connectivity index (χ2n) is 5.01. The SMILES string of the molecule is CC(C)Cc1ncc(NC(=O)c2cc(C(F)(F)F)no2)cn1. The summed E-state index contributed by atoms with van der Waals surface area (Å²) in [5.74, 6) is -0.399. The summed E-state index contributed by atoms with van der Waals surface area (Å²) in [6, 6.07) is 0.531. The minimum Gasteiger partial charge on any atom is -0.350 e. The zero-order valence-electron chi connectivity index (χ0n) is 11.8. The molecule has 1 amide bonds. The third kappa shape index (κ3) is 4.03. The molecule has 0 saturated carbocycles. The van der Waals surface area contributed by atoms with Crippen LogP contribution in [0.1, 0.15) is 35.9 Å². The van der Waals surface area contributed by atoms with Gasteiger partial charge in [0.2, 0.25) is 5.76 Å². The summed E-state index contributed by atoms with van der Waals surface area (Å²) < 4.78 is 41.5. The highest BCUT2D eigenvalue weighted by molar-refractivity contribution is 6.02. The Morgan fingerprint density at radius 1 is 1.32 bits per heavy atom. The van der Waals surface area contributed by atoms with Gasteiger partial charge in [-0.25, -0.2) is 9.97 Å². The highest BCUT2D eigenvalue weighted by Crippen LogP contribution is 2.28. The van der Waals surface area contributed by atoms with Gasteiger partial charge in [-0.15, -0.1) is 0 Å². The van der Waals surface area contributed by atoms with E-state index >= 15 is 0 Å². The van der Waals surface area contributed by atoms with Crippen molar-refractivity contribution < 1.29 is 22.5 Å². The molecule has 6 nitrogen and oxygen atoms in total. The van der Waals surface area contributed by atoms with Crippen LogP contribution < -0.4 is 5.32 Å². The Labute approximate surface area is 123 Å². The number of anilines is 1. The number of carbonyl (C=O) groups excluding carboxylic acids is 1. The average molecular weight is 314 g/mol. The number of hydrogen-bond acceptors (Lipinski definition) is 5. The molecule has 22 heavy (non-hydrogen) atoms. The van der Waals surface area contributed by atoms with E-state index in [9.17, 15) is 18.0 Å². The first-order valence-electron chi connectivity index (χ1n) is 6.42.